The van der Waals surface area contributed by atoms with Crippen LogP contribution >= 0.6 is 0 Å². The fourth-order valence-corrected chi connectivity index (χ4v) is 9.71. The zero-order valence-electron chi connectivity index (χ0n) is 32.3. The van der Waals surface area contributed by atoms with Crippen molar-refractivity contribution in [3.05, 3.63) is 206 Å². The first-order chi connectivity index (χ1) is 29.8. The number of hydrogen-bond acceptors (Lipinski definition) is 3. The maximum absolute atomic E-state index is 6.78. The van der Waals surface area contributed by atoms with Crippen molar-refractivity contribution in [2.24, 2.45) is 0 Å². The van der Waals surface area contributed by atoms with Gasteiger partial charge in [0.05, 0.1) is 27.8 Å². The molecule has 0 aliphatic carbocycles. The lowest BCUT2D eigenvalue weighted by atomic mass is 10.00. The zero-order valence-corrected chi connectivity index (χ0v) is 32.3. The second-order valence-corrected chi connectivity index (χ2v) is 15.6. The number of para-hydroxylation sites is 3. The highest BCUT2D eigenvalue weighted by molar-refractivity contribution is 6.22. The summed E-state index contributed by atoms with van der Waals surface area (Å²) in [6, 6.07) is 73.7. The Labute approximate surface area is 344 Å². The quantitative estimate of drug-likeness (QED) is 0.175. The van der Waals surface area contributed by atoms with Crippen molar-refractivity contribution >= 4 is 104 Å². The Hall–Kier alpha value is -8.08. The first kappa shape index (κ1) is 32.9. The number of nitrogens with zero attached hydrogens (tertiary/aromatic N) is 2. The van der Waals surface area contributed by atoms with Gasteiger partial charge in [0.15, 0.2) is 0 Å². The van der Waals surface area contributed by atoms with E-state index in [4.69, 9.17) is 8.83 Å². The number of hydrogen-bond donors (Lipinski definition) is 0. The van der Waals surface area contributed by atoms with Crippen molar-refractivity contribution < 1.29 is 8.83 Å². The smallest absolute Gasteiger partial charge is 0.143 e. The van der Waals surface area contributed by atoms with Crippen LogP contribution in [0.5, 0.6) is 0 Å². The maximum atomic E-state index is 6.78. The SMILES string of the molecule is c1ccc(-n2c3ccccc3c3c(N(c4ccc(-c5cccc6c5oc5c7ccccc7ccc65)cc4)c4cccc5oc6c7ccccc7ccc6c45)cccc32)cc1. The van der Waals surface area contributed by atoms with E-state index in [9.17, 15) is 0 Å². The van der Waals surface area contributed by atoms with Crippen molar-refractivity contribution in [1.82, 2.24) is 4.57 Å². The van der Waals surface area contributed by atoms with Crippen LogP contribution in [0.4, 0.5) is 17.1 Å². The molecule has 60 heavy (non-hydrogen) atoms. The molecule has 4 nitrogen and oxygen atoms in total. The topological polar surface area (TPSA) is 34.5 Å². The highest BCUT2D eigenvalue weighted by Crippen LogP contribution is 2.48. The van der Waals surface area contributed by atoms with Crippen LogP contribution in [0, 0.1) is 0 Å². The third-order valence-corrected chi connectivity index (χ3v) is 12.4. The molecule has 3 heterocycles. The molecule has 0 aliphatic heterocycles. The molecular formula is C56H34N2O2. The number of benzene rings is 10. The summed E-state index contributed by atoms with van der Waals surface area (Å²) >= 11 is 0. The predicted octanol–water partition coefficient (Wildman–Crippen LogP) is 16.0. The molecular weight excluding hydrogens is 733 g/mol. The van der Waals surface area contributed by atoms with Crippen LogP contribution in [0.25, 0.3) is 104 Å². The Morgan fingerprint density at radius 2 is 0.933 bits per heavy atom. The summed E-state index contributed by atoms with van der Waals surface area (Å²) in [6.07, 6.45) is 0. The molecule has 13 aromatic rings. The molecule has 0 fully saturated rings. The number of anilines is 3. The van der Waals surface area contributed by atoms with E-state index in [2.05, 4.69) is 216 Å². The number of aromatic nitrogens is 1. The molecule has 0 N–H and O–H groups in total. The van der Waals surface area contributed by atoms with Crippen LogP contribution in [0.3, 0.4) is 0 Å². The lowest BCUT2D eigenvalue weighted by molar-refractivity contribution is 0.672. The fraction of sp³-hybridized carbons (Fsp3) is 0. The Morgan fingerprint density at radius 3 is 1.72 bits per heavy atom. The standard InChI is InChI=1S/C56H34N2O2/c1-2-15-38(16-3-1)57-47-22-9-8-19-45(47)52-48(57)23-11-24-49(52)58(50-25-12-26-51-53(50)46-34-30-36-14-5-7-18-41(36)56(46)59-51)39-31-27-37(28-32-39)42-20-10-21-43-44-33-29-35-13-4-6-17-40(35)55(44)60-54(42)43/h1-34H. The Balaban J connectivity index is 1.07. The molecule has 13 rings (SSSR count). The molecule has 4 heteroatoms. The van der Waals surface area contributed by atoms with Gasteiger partial charge in [0.2, 0.25) is 0 Å². The summed E-state index contributed by atoms with van der Waals surface area (Å²) in [5, 5.41) is 11.3. The third kappa shape index (κ3) is 4.73. The van der Waals surface area contributed by atoms with E-state index in [0.717, 1.165) is 105 Å². The summed E-state index contributed by atoms with van der Waals surface area (Å²) < 4.78 is 15.9. The summed E-state index contributed by atoms with van der Waals surface area (Å²) in [4.78, 5) is 2.42. The molecule has 0 saturated carbocycles. The molecule has 0 radical (unpaired) electrons. The first-order valence-electron chi connectivity index (χ1n) is 20.4. The molecule has 0 aliphatic rings. The van der Waals surface area contributed by atoms with Crippen LogP contribution in [0.15, 0.2) is 215 Å². The summed E-state index contributed by atoms with van der Waals surface area (Å²) in [5.74, 6) is 0. The van der Waals surface area contributed by atoms with E-state index >= 15 is 0 Å². The first-order valence-corrected chi connectivity index (χ1v) is 20.4. The van der Waals surface area contributed by atoms with Gasteiger partial charge in [0.25, 0.3) is 0 Å². The van der Waals surface area contributed by atoms with Crippen LogP contribution in [0.1, 0.15) is 0 Å². The number of fused-ring (bicyclic) bond motifs is 13. The number of rotatable bonds is 5. The van der Waals surface area contributed by atoms with Gasteiger partial charge in [-0.1, -0.05) is 140 Å². The second kappa shape index (κ2) is 12.7. The van der Waals surface area contributed by atoms with E-state index in [1.807, 2.05) is 0 Å². The van der Waals surface area contributed by atoms with Gasteiger partial charge in [0, 0.05) is 54.6 Å². The zero-order chi connectivity index (χ0) is 39.3. The van der Waals surface area contributed by atoms with Crippen molar-refractivity contribution in [2.75, 3.05) is 4.90 Å². The summed E-state index contributed by atoms with van der Waals surface area (Å²) in [6.45, 7) is 0. The van der Waals surface area contributed by atoms with E-state index in [0.29, 0.717) is 0 Å². The average molecular weight is 767 g/mol. The summed E-state index contributed by atoms with van der Waals surface area (Å²) in [5.41, 5.74) is 12.3. The Bertz CT molecular complexity index is 3830. The molecule has 280 valence electrons. The second-order valence-electron chi connectivity index (χ2n) is 15.6. The van der Waals surface area contributed by atoms with E-state index in [1.165, 1.54) is 16.2 Å². The van der Waals surface area contributed by atoms with E-state index in [-0.39, 0.29) is 0 Å². The van der Waals surface area contributed by atoms with Gasteiger partial charge in [-0.25, -0.2) is 0 Å². The van der Waals surface area contributed by atoms with Crippen molar-refractivity contribution in [3.8, 4) is 16.8 Å². The van der Waals surface area contributed by atoms with Gasteiger partial charge in [0.1, 0.15) is 22.3 Å². The molecule has 0 bridgehead atoms. The third-order valence-electron chi connectivity index (χ3n) is 12.4. The van der Waals surface area contributed by atoms with E-state index < -0.39 is 0 Å². The van der Waals surface area contributed by atoms with Crippen LogP contribution in [-0.4, -0.2) is 4.57 Å². The predicted molar refractivity (Wildman–Crippen MR) is 250 cm³/mol. The molecule has 0 atom stereocenters. The lowest BCUT2D eigenvalue weighted by Crippen LogP contribution is -2.11. The van der Waals surface area contributed by atoms with Gasteiger partial charge in [-0.3, -0.25) is 0 Å². The fourth-order valence-electron chi connectivity index (χ4n) is 9.71. The van der Waals surface area contributed by atoms with Crippen molar-refractivity contribution in [2.45, 2.75) is 0 Å². The highest BCUT2D eigenvalue weighted by Gasteiger charge is 2.25. The molecule has 3 aromatic heterocycles. The van der Waals surface area contributed by atoms with Gasteiger partial charge in [-0.05, 0) is 83.1 Å². The number of furan rings is 2. The monoisotopic (exact) mass is 766 g/mol. The lowest BCUT2D eigenvalue weighted by Gasteiger charge is -2.27. The van der Waals surface area contributed by atoms with E-state index in [1.54, 1.807) is 0 Å². The van der Waals surface area contributed by atoms with Gasteiger partial charge < -0.3 is 18.3 Å². The minimum Gasteiger partial charge on any atom is -0.455 e. The summed E-state index contributed by atoms with van der Waals surface area (Å²) in [7, 11) is 0. The van der Waals surface area contributed by atoms with Crippen molar-refractivity contribution in [3.63, 3.8) is 0 Å². The maximum Gasteiger partial charge on any atom is 0.143 e. The molecule has 0 saturated heterocycles. The van der Waals surface area contributed by atoms with Crippen LogP contribution in [0.2, 0.25) is 0 Å². The van der Waals surface area contributed by atoms with Gasteiger partial charge >= 0.3 is 0 Å². The molecule has 0 unspecified atom stereocenters. The highest BCUT2D eigenvalue weighted by atomic mass is 16.3. The minimum absolute atomic E-state index is 0.850. The van der Waals surface area contributed by atoms with Gasteiger partial charge in [-0.2, -0.15) is 0 Å². The minimum atomic E-state index is 0.850. The Morgan fingerprint density at radius 1 is 0.350 bits per heavy atom. The average Bonchev–Trinajstić information content (AvgIpc) is 4.00. The Kier molecular flexibility index (Phi) is 6.98. The van der Waals surface area contributed by atoms with Gasteiger partial charge in [-0.15, -0.1) is 0 Å². The molecule has 10 aromatic carbocycles. The molecule has 0 amide bonds. The van der Waals surface area contributed by atoms with Crippen molar-refractivity contribution in [1.29, 1.82) is 0 Å². The largest absolute Gasteiger partial charge is 0.455 e. The van der Waals surface area contributed by atoms with Crippen LogP contribution in [-0.2, 0) is 0 Å². The normalized spacial score (nSPS) is 12.0. The van der Waals surface area contributed by atoms with Crippen LogP contribution < -0.4 is 4.90 Å². The molecule has 0 spiro atoms.